The van der Waals surface area contributed by atoms with Gasteiger partial charge in [-0.1, -0.05) is 23.9 Å². The van der Waals surface area contributed by atoms with E-state index in [1.165, 1.54) is 0 Å². The lowest BCUT2D eigenvalue weighted by atomic mass is 9.94. The van der Waals surface area contributed by atoms with E-state index in [0.717, 1.165) is 43.7 Å². The third-order valence-corrected chi connectivity index (χ3v) is 5.64. The van der Waals surface area contributed by atoms with Crippen molar-refractivity contribution < 1.29 is 4.79 Å². The summed E-state index contributed by atoms with van der Waals surface area (Å²) in [7, 11) is 0. The summed E-state index contributed by atoms with van der Waals surface area (Å²) in [5.41, 5.74) is 0. The predicted molar refractivity (Wildman–Crippen MR) is 88.6 cm³/mol. The van der Waals surface area contributed by atoms with Gasteiger partial charge in [-0.05, 0) is 50.5 Å². The number of nitrogens with one attached hydrogen (secondary N) is 1. The van der Waals surface area contributed by atoms with Gasteiger partial charge in [0.2, 0.25) is 5.91 Å². The third kappa shape index (κ3) is 4.57. The average molecular weight is 317 g/mol. The van der Waals surface area contributed by atoms with Crippen LogP contribution < -0.4 is 5.32 Å². The summed E-state index contributed by atoms with van der Waals surface area (Å²) >= 11 is 1.77. The van der Waals surface area contributed by atoms with E-state index < -0.39 is 0 Å². The Kier molecular flexibility index (Phi) is 5.48. The Bertz CT molecular complexity index is 512. The number of thioether (sulfide) groups is 1. The third-order valence-electron chi connectivity index (χ3n) is 4.41. The Hall–Kier alpha value is -1.36. The molecular weight excluding hydrogens is 294 g/mol. The van der Waals surface area contributed by atoms with E-state index in [4.69, 9.17) is 0 Å². The van der Waals surface area contributed by atoms with Crippen LogP contribution in [0.4, 0.5) is 0 Å². The molecule has 0 aromatic carbocycles. The van der Waals surface area contributed by atoms with Gasteiger partial charge >= 0.3 is 0 Å². The van der Waals surface area contributed by atoms with Crippen molar-refractivity contribution >= 4 is 17.7 Å². The van der Waals surface area contributed by atoms with Crippen LogP contribution in [0.15, 0.2) is 35.8 Å². The largest absolute Gasteiger partial charge is 0.353 e. The molecule has 0 aliphatic heterocycles. The van der Waals surface area contributed by atoms with Gasteiger partial charge < -0.3 is 5.32 Å². The van der Waals surface area contributed by atoms with E-state index in [-0.39, 0.29) is 5.91 Å². The van der Waals surface area contributed by atoms with Gasteiger partial charge in [-0.3, -0.25) is 4.79 Å². The molecule has 1 atom stereocenters. The maximum Gasteiger partial charge on any atom is 0.220 e. The fraction of sp³-hybridized carbons (Fsp3) is 0.588. The molecule has 0 saturated heterocycles. The molecule has 1 aromatic rings. The molecule has 4 nitrogen and oxygen atoms in total. The maximum atomic E-state index is 12.1. The van der Waals surface area contributed by atoms with Crippen molar-refractivity contribution in [2.24, 2.45) is 5.92 Å². The molecule has 1 fully saturated rings. The molecule has 1 heterocycles. The zero-order valence-corrected chi connectivity index (χ0v) is 13.6. The van der Waals surface area contributed by atoms with Gasteiger partial charge in [0.05, 0.1) is 0 Å². The number of nitrogens with zero attached hydrogens (tertiary/aromatic N) is 2. The van der Waals surface area contributed by atoms with Crippen LogP contribution in [-0.4, -0.2) is 27.2 Å². The fourth-order valence-corrected chi connectivity index (χ4v) is 4.26. The molecule has 1 aromatic heterocycles. The van der Waals surface area contributed by atoms with E-state index in [2.05, 4.69) is 27.4 Å². The molecule has 1 unspecified atom stereocenters. The Morgan fingerprint density at radius 2 is 1.95 bits per heavy atom. The Morgan fingerprint density at radius 3 is 2.64 bits per heavy atom. The van der Waals surface area contributed by atoms with Gasteiger partial charge in [0.15, 0.2) is 5.16 Å². The first kappa shape index (κ1) is 15.5. The first-order chi connectivity index (χ1) is 10.8. The summed E-state index contributed by atoms with van der Waals surface area (Å²) in [5, 5.41) is 4.66. The topological polar surface area (TPSA) is 54.9 Å². The highest BCUT2D eigenvalue weighted by Gasteiger charge is 2.24. The minimum absolute atomic E-state index is 0.221. The van der Waals surface area contributed by atoms with Gasteiger partial charge in [0, 0.05) is 30.1 Å². The van der Waals surface area contributed by atoms with Crippen LogP contribution in [0.3, 0.4) is 0 Å². The van der Waals surface area contributed by atoms with Crippen LogP contribution in [0.25, 0.3) is 0 Å². The van der Waals surface area contributed by atoms with E-state index in [1.807, 2.05) is 6.07 Å². The van der Waals surface area contributed by atoms with Crippen molar-refractivity contribution in [3.05, 3.63) is 30.6 Å². The molecule has 118 valence electrons. The molecular formula is C17H23N3OS. The number of rotatable bonds is 5. The van der Waals surface area contributed by atoms with Gasteiger partial charge in [-0.15, -0.1) is 0 Å². The lowest BCUT2D eigenvalue weighted by molar-refractivity contribution is -0.122. The standard InChI is InChI=1S/C17H23N3OS/c21-16(12-13-4-1-2-5-13)20-14-6-8-15(9-7-14)22-17-18-10-3-11-19-17/h1,3-4,10-11,13-15H,2,5-9,12H2,(H,20,21). The average Bonchev–Trinajstić information content (AvgIpc) is 3.03. The molecule has 1 N–H and O–H groups in total. The van der Waals surface area contributed by atoms with Gasteiger partial charge in [-0.25, -0.2) is 9.97 Å². The van der Waals surface area contributed by atoms with E-state index in [1.54, 1.807) is 24.2 Å². The van der Waals surface area contributed by atoms with E-state index in [0.29, 0.717) is 23.6 Å². The molecule has 1 amide bonds. The monoisotopic (exact) mass is 317 g/mol. The molecule has 5 heteroatoms. The van der Waals surface area contributed by atoms with Crippen molar-refractivity contribution in [1.29, 1.82) is 0 Å². The van der Waals surface area contributed by atoms with Crippen LogP contribution in [0, 0.1) is 5.92 Å². The zero-order chi connectivity index (χ0) is 15.2. The second-order valence-electron chi connectivity index (χ2n) is 6.16. The fourth-order valence-electron chi connectivity index (χ4n) is 3.21. The summed E-state index contributed by atoms with van der Waals surface area (Å²) in [5.74, 6) is 0.682. The first-order valence-electron chi connectivity index (χ1n) is 8.19. The quantitative estimate of drug-likeness (QED) is 0.668. The van der Waals surface area contributed by atoms with E-state index >= 15 is 0 Å². The minimum atomic E-state index is 0.221. The summed E-state index contributed by atoms with van der Waals surface area (Å²) < 4.78 is 0. The van der Waals surface area contributed by atoms with Crippen molar-refractivity contribution in [1.82, 2.24) is 15.3 Å². The van der Waals surface area contributed by atoms with Crippen LogP contribution in [0.1, 0.15) is 44.9 Å². The summed E-state index contributed by atoms with van der Waals surface area (Å²) in [6, 6.07) is 2.20. The van der Waals surface area contributed by atoms with Crippen molar-refractivity contribution in [2.75, 3.05) is 0 Å². The highest BCUT2D eigenvalue weighted by atomic mass is 32.2. The van der Waals surface area contributed by atoms with Crippen LogP contribution >= 0.6 is 11.8 Å². The number of carbonyl (C=O) groups is 1. The number of aromatic nitrogens is 2. The normalized spacial score (nSPS) is 27.7. The Balaban J connectivity index is 1.38. The minimum Gasteiger partial charge on any atom is -0.353 e. The van der Waals surface area contributed by atoms with Crippen LogP contribution in [-0.2, 0) is 4.79 Å². The first-order valence-corrected chi connectivity index (χ1v) is 9.07. The van der Waals surface area contributed by atoms with E-state index in [9.17, 15) is 4.79 Å². The second-order valence-corrected chi connectivity index (χ2v) is 7.43. The van der Waals surface area contributed by atoms with Crippen LogP contribution in [0.2, 0.25) is 0 Å². The second kappa shape index (κ2) is 7.77. The van der Waals surface area contributed by atoms with Crippen LogP contribution in [0.5, 0.6) is 0 Å². The predicted octanol–water partition coefficient (Wildman–Crippen LogP) is 3.35. The van der Waals surface area contributed by atoms with Gasteiger partial charge in [-0.2, -0.15) is 0 Å². The van der Waals surface area contributed by atoms with Crippen molar-refractivity contribution in [3.8, 4) is 0 Å². The van der Waals surface area contributed by atoms with Crippen molar-refractivity contribution in [3.63, 3.8) is 0 Å². The number of amides is 1. The summed E-state index contributed by atoms with van der Waals surface area (Å²) in [6.07, 6.45) is 15.2. The summed E-state index contributed by atoms with van der Waals surface area (Å²) in [6.45, 7) is 0. The molecule has 1 saturated carbocycles. The number of hydrogen-bond donors (Lipinski definition) is 1. The van der Waals surface area contributed by atoms with Gasteiger partial charge in [0.25, 0.3) is 0 Å². The molecule has 2 aliphatic rings. The molecule has 0 bridgehead atoms. The number of allylic oxidation sites excluding steroid dienone is 2. The lowest BCUT2D eigenvalue weighted by Crippen LogP contribution is -2.38. The highest BCUT2D eigenvalue weighted by molar-refractivity contribution is 7.99. The molecule has 22 heavy (non-hydrogen) atoms. The number of hydrogen-bond acceptors (Lipinski definition) is 4. The summed E-state index contributed by atoms with van der Waals surface area (Å²) in [4.78, 5) is 20.6. The lowest BCUT2D eigenvalue weighted by Gasteiger charge is -2.28. The van der Waals surface area contributed by atoms with Gasteiger partial charge in [0.1, 0.15) is 0 Å². The molecule has 0 radical (unpaired) electrons. The Labute approximate surface area is 136 Å². The Morgan fingerprint density at radius 1 is 1.18 bits per heavy atom. The smallest absolute Gasteiger partial charge is 0.220 e. The van der Waals surface area contributed by atoms with Crippen molar-refractivity contribution in [2.45, 2.75) is 61.4 Å². The molecule has 0 spiro atoms. The maximum absolute atomic E-state index is 12.1. The number of carbonyl (C=O) groups excluding carboxylic acids is 1. The highest BCUT2D eigenvalue weighted by Crippen LogP contribution is 2.32. The SMILES string of the molecule is O=C(CC1C=CCC1)NC1CCC(Sc2ncccn2)CC1. The molecule has 2 aliphatic carbocycles. The molecule has 3 rings (SSSR count). The zero-order valence-electron chi connectivity index (χ0n) is 12.8.